The molecule has 1 rings (SSSR count). The Labute approximate surface area is 86.7 Å². The zero-order valence-electron chi connectivity index (χ0n) is 9.04. The van der Waals surface area contributed by atoms with Gasteiger partial charge in [0.25, 0.3) is 0 Å². The van der Waals surface area contributed by atoms with E-state index in [0.717, 1.165) is 5.56 Å². The molecule has 0 aromatic heterocycles. The maximum absolute atomic E-state index is 7.41. The van der Waals surface area contributed by atoms with Crippen molar-refractivity contribution in [3.63, 3.8) is 0 Å². The zero-order chi connectivity index (χ0) is 11.1. The van der Waals surface area contributed by atoms with Crippen LogP contribution in [0.2, 0.25) is 0 Å². The van der Waals surface area contributed by atoms with Gasteiger partial charge in [0.15, 0.2) is 0 Å². The van der Waals surface area contributed by atoms with Crippen molar-refractivity contribution in [2.45, 2.75) is 26.7 Å². The molecule has 74 valence electrons. The third-order valence-electron chi connectivity index (χ3n) is 2.01. The summed E-state index contributed by atoms with van der Waals surface area (Å²) in [6, 6.07) is 8.21. The van der Waals surface area contributed by atoms with Crippen LogP contribution in [0.4, 0.5) is 0 Å². The smallest absolute Gasteiger partial charge is 0.0355 e. The second-order valence-corrected chi connectivity index (χ2v) is 3.40. The topological polar surface area (TPSA) is 23.9 Å². The van der Waals surface area contributed by atoms with Crippen molar-refractivity contribution in [1.29, 1.82) is 5.41 Å². The Balaban J connectivity index is 0.000000791. The molecule has 0 radical (unpaired) electrons. The van der Waals surface area contributed by atoms with Crippen LogP contribution in [0.25, 0.3) is 0 Å². The first-order valence-corrected chi connectivity index (χ1v) is 4.60. The Morgan fingerprint density at radius 1 is 1.14 bits per heavy atom. The molecule has 0 aliphatic carbocycles. The van der Waals surface area contributed by atoms with Gasteiger partial charge in [-0.3, -0.25) is 0 Å². The highest BCUT2D eigenvalue weighted by Crippen LogP contribution is 2.14. The van der Waals surface area contributed by atoms with Gasteiger partial charge >= 0.3 is 0 Å². The van der Waals surface area contributed by atoms with Crippen LogP contribution in [-0.4, -0.2) is 5.71 Å². The van der Waals surface area contributed by atoms with Crippen molar-refractivity contribution < 1.29 is 0 Å². The fourth-order valence-electron chi connectivity index (χ4n) is 1.12. The largest absolute Gasteiger partial charge is 0.305 e. The van der Waals surface area contributed by atoms with Gasteiger partial charge in [0.05, 0.1) is 0 Å². The third-order valence-corrected chi connectivity index (χ3v) is 2.01. The second kappa shape index (κ2) is 5.99. The summed E-state index contributed by atoms with van der Waals surface area (Å²) in [6.45, 7) is 6.16. The van der Waals surface area contributed by atoms with Crippen LogP contribution in [-0.2, 0) is 0 Å². The molecule has 1 nitrogen and oxygen atoms in total. The molecule has 0 amide bonds. The van der Waals surface area contributed by atoms with Crippen LogP contribution >= 0.6 is 0 Å². The molecule has 1 aromatic rings. The molecule has 0 saturated heterocycles. The van der Waals surface area contributed by atoms with Crippen molar-refractivity contribution in [2.24, 2.45) is 0 Å². The molecule has 14 heavy (non-hydrogen) atoms. The van der Waals surface area contributed by atoms with Crippen molar-refractivity contribution in [3.8, 4) is 12.8 Å². The summed E-state index contributed by atoms with van der Waals surface area (Å²) in [6.07, 6.45) is 8.00. The van der Waals surface area contributed by atoms with E-state index in [-0.39, 0.29) is 0 Å². The number of terminal acetylenes is 1. The van der Waals surface area contributed by atoms with Gasteiger partial charge in [0.2, 0.25) is 0 Å². The molecule has 1 heteroatoms. The Kier molecular flexibility index (Phi) is 5.33. The molecular weight excluding hydrogens is 170 g/mol. The molecular formula is C13H17N. The quantitative estimate of drug-likeness (QED) is 0.541. The SMILES string of the molecule is C#C.CC(=N)c1ccc(C(C)C)cc1. The first kappa shape index (κ1) is 12.4. The normalized spacial score (nSPS) is 9.00. The maximum Gasteiger partial charge on any atom is 0.0355 e. The minimum Gasteiger partial charge on any atom is -0.305 e. The Hall–Kier alpha value is -1.55. The minimum atomic E-state index is 0.574. The lowest BCUT2D eigenvalue weighted by molar-refractivity contribution is 0.866. The lowest BCUT2D eigenvalue weighted by atomic mass is 10.0. The van der Waals surface area contributed by atoms with Crippen LogP contribution in [0.5, 0.6) is 0 Å². The molecule has 0 spiro atoms. The van der Waals surface area contributed by atoms with Gasteiger partial charge in [-0.1, -0.05) is 38.1 Å². The average Bonchev–Trinajstić information content (AvgIpc) is 2.21. The fraction of sp³-hybridized carbons (Fsp3) is 0.308. The highest BCUT2D eigenvalue weighted by atomic mass is 14.4. The number of rotatable bonds is 2. The van der Waals surface area contributed by atoms with Crippen LogP contribution in [0.15, 0.2) is 24.3 Å². The summed E-state index contributed by atoms with van der Waals surface area (Å²) in [5.74, 6) is 0.574. The Bertz CT molecular complexity index is 304. The van der Waals surface area contributed by atoms with Gasteiger partial charge in [0.1, 0.15) is 0 Å². The van der Waals surface area contributed by atoms with E-state index in [1.807, 2.05) is 19.1 Å². The van der Waals surface area contributed by atoms with Crippen molar-refractivity contribution in [3.05, 3.63) is 35.4 Å². The van der Waals surface area contributed by atoms with E-state index >= 15 is 0 Å². The van der Waals surface area contributed by atoms with Crippen LogP contribution in [0.1, 0.15) is 37.8 Å². The highest BCUT2D eigenvalue weighted by Gasteiger charge is 1.98. The summed E-state index contributed by atoms with van der Waals surface area (Å²) in [5, 5.41) is 7.41. The van der Waals surface area contributed by atoms with E-state index in [0.29, 0.717) is 11.6 Å². The lowest BCUT2D eigenvalue weighted by Crippen LogP contribution is -1.93. The summed E-state index contributed by atoms with van der Waals surface area (Å²) < 4.78 is 0. The van der Waals surface area contributed by atoms with E-state index in [9.17, 15) is 0 Å². The van der Waals surface area contributed by atoms with E-state index in [4.69, 9.17) is 5.41 Å². The first-order valence-electron chi connectivity index (χ1n) is 4.60. The summed E-state index contributed by atoms with van der Waals surface area (Å²) in [5.41, 5.74) is 2.98. The number of hydrogen-bond donors (Lipinski definition) is 1. The summed E-state index contributed by atoms with van der Waals surface area (Å²) in [7, 11) is 0. The average molecular weight is 187 g/mol. The minimum absolute atomic E-state index is 0.574. The maximum atomic E-state index is 7.41. The van der Waals surface area contributed by atoms with Gasteiger partial charge in [-0.05, 0) is 24.0 Å². The Morgan fingerprint density at radius 2 is 1.57 bits per heavy atom. The number of hydrogen-bond acceptors (Lipinski definition) is 1. The van der Waals surface area contributed by atoms with Crippen molar-refractivity contribution in [1.82, 2.24) is 0 Å². The third kappa shape index (κ3) is 3.45. The van der Waals surface area contributed by atoms with Gasteiger partial charge in [0, 0.05) is 5.71 Å². The molecule has 0 unspecified atom stereocenters. The van der Waals surface area contributed by atoms with Crippen LogP contribution in [0, 0.1) is 18.3 Å². The number of benzene rings is 1. The van der Waals surface area contributed by atoms with Crippen molar-refractivity contribution in [2.75, 3.05) is 0 Å². The zero-order valence-corrected chi connectivity index (χ0v) is 9.04. The van der Waals surface area contributed by atoms with E-state index < -0.39 is 0 Å². The van der Waals surface area contributed by atoms with E-state index in [1.54, 1.807) is 0 Å². The molecule has 0 aliphatic heterocycles. The lowest BCUT2D eigenvalue weighted by Gasteiger charge is -2.05. The second-order valence-electron chi connectivity index (χ2n) is 3.40. The Morgan fingerprint density at radius 3 is 1.86 bits per heavy atom. The van der Waals surface area contributed by atoms with Crippen LogP contribution < -0.4 is 0 Å². The molecule has 0 heterocycles. The number of nitrogens with one attached hydrogen (secondary N) is 1. The monoisotopic (exact) mass is 187 g/mol. The molecule has 1 aromatic carbocycles. The molecule has 0 bridgehead atoms. The summed E-state index contributed by atoms with van der Waals surface area (Å²) in [4.78, 5) is 0. The van der Waals surface area contributed by atoms with Gasteiger partial charge in [-0.15, -0.1) is 12.8 Å². The predicted octanol–water partition coefficient (Wildman–Crippen LogP) is 3.45. The van der Waals surface area contributed by atoms with Gasteiger partial charge in [-0.2, -0.15) is 0 Å². The van der Waals surface area contributed by atoms with Crippen molar-refractivity contribution >= 4 is 5.71 Å². The fourth-order valence-corrected chi connectivity index (χ4v) is 1.12. The summed E-state index contributed by atoms with van der Waals surface area (Å²) >= 11 is 0. The van der Waals surface area contributed by atoms with E-state index in [1.165, 1.54) is 5.56 Å². The molecule has 0 saturated carbocycles. The highest BCUT2D eigenvalue weighted by molar-refractivity contribution is 5.96. The first-order chi connectivity index (χ1) is 6.61. The molecule has 0 aliphatic rings. The molecule has 0 fully saturated rings. The van der Waals surface area contributed by atoms with Gasteiger partial charge < -0.3 is 5.41 Å². The van der Waals surface area contributed by atoms with Crippen LogP contribution in [0.3, 0.4) is 0 Å². The molecule has 0 atom stereocenters. The molecule has 1 N–H and O–H groups in total. The van der Waals surface area contributed by atoms with Gasteiger partial charge in [-0.25, -0.2) is 0 Å². The van der Waals surface area contributed by atoms with E-state index in [2.05, 4.69) is 38.8 Å². The standard InChI is InChI=1S/C11H15N.C2H2/c1-8(2)10-4-6-11(7-5-10)9(3)12;1-2/h4-8,12H,1-3H3;1-2H. The predicted molar refractivity (Wildman–Crippen MR) is 62.9 cm³/mol.